The maximum absolute atomic E-state index is 12.5. The van der Waals surface area contributed by atoms with Gasteiger partial charge in [-0.05, 0) is 36.6 Å². The van der Waals surface area contributed by atoms with Gasteiger partial charge in [-0.25, -0.2) is 4.79 Å². The minimum absolute atomic E-state index is 0.101. The van der Waals surface area contributed by atoms with E-state index in [0.29, 0.717) is 18.5 Å². The van der Waals surface area contributed by atoms with Crippen LogP contribution in [0.2, 0.25) is 0 Å². The van der Waals surface area contributed by atoms with Crippen LogP contribution in [0.3, 0.4) is 0 Å². The van der Waals surface area contributed by atoms with Crippen LogP contribution < -0.4 is 0 Å². The maximum Gasteiger partial charge on any atom is 0.335 e. The first-order valence-electron chi connectivity index (χ1n) is 8.62. The summed E-state index contributed by atoms with van der Waals surface area (Å²) in [7, 11) is 0. The molecule has 1 fully saturated rings. The Morgan fingerprint density at radius 2 is 1.63 bits per heavy atom. The first kappa shape index (κ1) is 18.5. The summed E-state index contributed by atoms with van der Waals surface area (Å²) in [6.45, 7) is 1.60. The highest BCUT2D eigenvalue weighted by Gasteiger charge is 2.49. The molecule has 138 valence electrons. The fraction of sp³-hybridized carbons (Fsp3) is 0.238. The van der Waals surface area contributed by atoms with E-state index in [1.54, 1.807) is 12.1 Å². The number of ketones is 2. The SMILES string of the molecule is CC(=O)C1C(=O)C(=O)N(CCc2ccccc2)C1c1ccc(C(=O)O)cc1. The topological polar surface area (TPSA) is 91.8 Å². The molecule has 0 radical (unpaired) electrons. The number of carboxylic acid groups (broad SMARTS) is 1. The van der Waals surface area contributed by atoms with Crippen LogP contribution >= 0.6 is 0 Å². The van der Waals surface area contributed by atoms with Gasteiger partial charge in [-0.2, -0.15) is 0 Å². The molecule has 27 heavy (non-hydrogen) atoms. The van der Waals surface area contributed by atoms with Crippen LogP contribution in [0.1, 0.15) is 34.5 Å². The van der Waals surface area contributed by atoms with Gasteiger partial charge in [0.05, 0.1) is 11.6 Å². The van der Waals surface area contributed by atoms with E-state index in [9.17, 15) is 19.2 Å². The van der Waals surface area contributed by atoms with Gasteiger partial charge in [0.2, 0.25) is 5.78 Å². The lowest BCUT2D eigenvalue weighted by molar-refractivity contribution is -0.142. The fourth-order valence-electron chi connectivity index (χ4n) is 3.46. The Bertz CT molecular complexity index is 889. The van der Waals surface area contributed by atoms with Crippen molar-refractivity contribution in [2.24, 2.45) is 5.92 Å². The second kappa shape index (κ2) is 7.53. The molecule has 0 aliphatic carbocycles. The standard InChI is InChI=1S/C21H19NO5/c1-13(23)17-18(15-7-9-16(10-8-15)21(26)27)22(20(25)19(17)24)12-11-14-5-3-2-4-6-14/h2-10,17-18H,11-12H2,1H3,(H,26,27). The van der Waals surface area contributed by atoms with E-state index in [2.05, 4.69) is 0 Å². The van der Waals surface area contributed by atoms with Crippen molar-refractivity contribution >= 4 is 23.4 Å². The van der Waals surface area contributed by atoms with Crippen LogP contribution in [0.4, 0.5) is 0 Å². The number of carbonyl (C=O) groups excluding carboxylic acids is 3. The minimum atomic E-state index is -1.07. The number of hydrogen-bond donors (Lipinski definition) is 1. The van der Waals surface area contributed by atoms with Gasteiger partial charge in [0.1, 0.15) is 11.7 Å². The van der Waals surface area contributed by atoms with Crippen molar-refractivity contribution in [2.45, 2.75) is 19.4 Å². The van der Waals surface area contributed by atoms with Gasteiger partial charge < -0.3 is 10.0 Å². The number of likely N-dealkylation sites (tertiary alicyclic amines) is 1. The summed E-state index contributed by atoms with van der Waals surface area (Å²) in [6.07, 6.45) is 0.550. The lowest BCUT2D eigenvalue weighted by Gasteiger charge is -2.27. The summed E-state index contributed by atoms with van der Waals surface area (Å²) in [6, 6.07) is 14.8. The summed E-state index contributed by atoms with van der Waals surface area (Å²) < 4.78 is 0. The fourth-order valence-corrected chi connectivity index (χ4v) is 3.46. The Kier molecular flexibility index (Phi) is 5.16. The van der Waals surface area contributed by atoms with E-state index in [-0.39, 0.29) is 11.3 Å². The normalized spacial score (nSPS) is 19.4. The maximum atomic E-state index is 12.5. The predicted molar refractivity (Wildman–Crippen MR) is 97.2 cm³/mol. The van der Waals surface area contributed by atoms with Crippen molar-refractivity contribution in [3.63, 3.8) is 0 Å². The molecular weight excluding hydrogens is 346 g/mol. The zero-order valence-electron chi connectivity index (χ0n) is 14.8. The molecule has 1 aliphatic heterocycles. The molecule has 2 atom stereocenters. The Morgan fingerprint density at radius 3 is 2.19 bits per heavy atom. The van der Waals surface area contributed by atoms with E-state index in [0.717, 1.165) is 5.56 Å². The summed E-state index contributed by atoms with van der Waals surface area (Å²) in [5.41, 5.74) is 1.70. The van der Waals surface area contributed by atoms with Gasteiger partial charge in [-0.3, -0.25) is 14.4 Å². The van der Waals surface area contributed by atoms with Crippen molar-refractivity contribution in [2.75, 3.05) is 6.54 Å². The third-order valence-corrected chi connectivity index (χ3v) is 4.83. The lowest BCUT2D eigenvalue weighted by atomic mass is 9.89. The third kappa shape index (κ3) is 3.65. The van der Waals surface area contributed by atoms with E-state index in [1.165, 1.54) is 24.0 Å². The van der Waals surface area contributed by atoms with Gasteiger partial charge in [-0.15, -0.1) is 0 Å². The average Bonchev–Trinajstić information content (AvgIpc) is 2.92. The van der Waals surface area contributed by atoms with Crippen LogP contribution in [0.5, 0.6) is 0 Å². The summed E-state index contributed by atoms with van der Waals surface area (Å²) in [5.74, 6) is -3.88. The molecule has 0 saturated carbocycles. The van der Waals surface area contributed by atoms with Crippen LogP contribution in [0, 0.1) is 5.92 Å². The van der Waals surface area contributed by atoms with E-state index in [1.807, 2.05) is 30.3 Å². The van der Waals surface area contributed by atoms with Gasteiger partial charge in [0.25, 0.3) is 5.91 Å². The number of carboxylic acids is 1. The molecule has 6 heteroatoms. The zero-order valence-corrected chi connectivity index (χ0v) is 14.8. The van der Waals surface area contributed by atoms with E-state index in [4.69, 9.17) is 5.11 Å². The minimum Gasteiger partial charge on any atom is -0.478 e. The highest BCUT2D eigenvalue weighted by Crippen LogP contribution is 2.37. The van der Waals surface area contributed by atoms with E-state index < -0.39 is 29.6 Å². The van der Waals surface area contributed by atoms with Crippen molar-refractivity contribution in [3.8, 4) is 0 Å². The highest BCUT2D eigenvalue weighted by molar-refractivity contribution is 6.42. The van der Waals surface area contributed by atoms with Gasteiger partial charge >= 0.3 is 5.97 Å². The summed E-state index contributed by atoms with van der Waals surface area (Å²) in [4.78, 5) is 49.5. The molecule has 1 amide bonds. The predicted octanol–water partition coefficient (Wildman–Crippen LogP) is 2.29. The molecule has 3 rings (SSSR count). The molecule has 6 nitrogen and oxygen atoms in total. The molecule has 0 aromatic heterocycles. The van der Waals surface area contributed by atoms with Crippen molar-refractivity contribution in [1.82, 2.24) is 4.90 Å². The largest absolute Gasteiger partial charge is 0.478 e. The van der Waals surface area contributed by atoms with E-state index >= 15 is 0 Å². The van der Waals surface area contributed by atoms with Crippen LogP contribution in [-0.2, 0) is 20.8 Å². The molecule has 2 unspecified atom stereocenters. The molecule has 0 bridgehead atoms. The van der Waals surface area contributed by atoms with Crippen LogP contribution in [0.15, 0.2) is 54.6 Å². The van der Waals surface area contributed by atoms with Gasteiger partial charge in [-0.1, -0.05) is 42.5 Å². The number of nitrogens with zero attached hydrogens (tertiary/aromatic N) is 1. The molecule has 1 heterocycles. The van der Waals surface area contributed by atoms with Crippen molar-refractivity contribution < 1.29 is 24.3 Å². The number of benzene rings is 2. The molecule has 2 aromatic carbocycles. The van der Waals surface area contributed by atoms with Gasteiger partial charge in [0.15, 0.2) is 0 Å². The Labute approximate surface area is 156 Å². The Hall–Kier alpha value is -3.28. The number of rotatable bonds is 6. The zero-order chi connectivity index (χ0) is 19.6. The quantitative estimate of drug-likeness (QED) is 0.626. The lowest BCUT2D eigenvalue weighted by Crippen LogP contribution is -2.32. The molecule has 2 aromatic rings. The molecule has 0 spiro atoms. The Morgan fingerprint density at radius 1 is 1.00 bits per heavy atom. The second-order valence-corrected chi connectivity index (χ2v) is 6.56. The molecule has 1 N–H and O–H groups in total. The van der Waals surface area contributed by atoms with Crippen molar-refractivity contribution in [1.29, 1.82) is 0 Å². The third-order valence-electron chi connectivity index (χ3n) is 4.83. The van der Waals surface area contributed by atoms with Crippen LogP contribution in [0.25, 0.3) is 0 Å². The number of hydrogen-bond acceptors (Lipinski definition) is 4. The summed E-state index contributed by atoms with van der Waals surface area (Å²) in [5, 5.41) is 9.05. The smallest absolute Gasteiger partial charge is 0.335 e. The van der Waals surface area contributed by atoms with Gasteiger partial charge in [0, 0.05) is 6.54 Å². The number of carbonyl (C=O) groups is 4. The number of aromatic carboxylic acids is 1. The van der Waals surface area contributed by atoms with Crippen molar-refractivity contribution in [3.05, 3.63) is 71.3 Å². The molecule has 1 aliphatic rings. The first-order chi connectivity index (χ1) is 12.9. The number of amides is 1. The summed E-state index contributed by atoms with van der Waals surface area (Å²) >= 11 is 0. The first-order valence-corrected chi connectivity index (χ1v) is 8.62. The molecule has 1 saturated heterocycles. The average molecular weight is 365 g/mol. The monoisotopic (exact) mass is 365 g/mol. The second-order valence-electron chi connectivity index (χ2n) is 6.56. The molecular formula is C21H19NO5. The number of Topliss-reactive ketones (excluding diaryl/α,β-unsaturated/α-hetero) is 2. The highest BCUT2D eigenvalue weighted by atomic mass is 16.4. The Balaban J connectivity index is 1.93. The van der Waals surface area contributed by atoms with Crippen LogP contribution in [-0.4, -0.2) is 40.0 Å².